The molecule has 0 amide bonds. The number of rotatable bonds is 5. The average molecular weight is 463 g/mol. The van der Waals surface area contributed by atoms with E-state index in [4.69, 9.17) is 9.97 Å². The molecule has 0 unspecified atom stereocenters. The predicted molar refractivity (Wildman–Crippen MR) is 148 cm³/mol. The van der Waals surface area contributed by atoms with Gasteiger partial charge in [-0.2, -0.15) is 0 Å². The van der Waals surface area contributed by atoms with E-state index in [0.29, 0.717) is 0 Å². The predicted octanol–water partition coefficient (Wildman–Crippen LogP) is 9.16. The molecule has 34 heavy (non-hydrogen) atoms. The van der Waals surface area contributed by atoms with Crippen LogP contribution in [0.1, 0.15) is 45.7 Å². The number of thiophene rings is 1. The van der Waals surface area contributed by atoms with Crippen molar-refractivity contribution in [1.29, 1.82) is 0 Å². The molecule has 2 heterocycles. The minimum atomic E-state index is 0.126. The van der Waals surface area contributed by atoms with Crippen LogP contribution in [0.25, 0.3) is 37.3 Å². The van der Waals surface area contributed by atoms with E-state index in [1.165, 1.54) is 21.2 Å². The maximum atomic E-state index is 5.17. The lowest BCUT2D eigenvalue weighted by atomic mass is 9.71. The van der Waals surface area contributed by atoms with Crippen LogP contribution in [0.3, 0.4) is 0 Å². The number of benzene rings is 2. The summed E-state index contributed by atoms with van der Waals surface area (Å²) in [6, 6.07) is 18.8. The van der Waals surface area contributed by atoms with Crippen molar-refractivity contribution >= 4 is 37.3 Å². The second kappa shape index (κ2) is 9.15. The van der Waals surface area contributed by atoms with E-state index in [1.807, 2.05) is 12.1 Å². The fourth-order valence-electron chi connectivity index (χ4n) is 4.74. The van der Waals surface area contributed by atoms with Gasteiger partial charge in [0, 0.05) is 15.6 Å². The summed E-state index contributed by atoms with van der Waals surface area (Å²) in [5, 5.41) is 1.17. The minimum Gasteiger partial charge on any atom is -0.242 e. The van der Waals surface area contributed by atoms with Gasteiger partial charge in [-0.1, -0.05) is 91.9 Å². The molecule has 0 spiro atoms. The van der Waals surface area contributed by atoms with Gasteiger partial charge in [0.15, 0.2) is 0 Å². The van der Waals surface area contributed by atoms with E-state index in [-0.39, 0.29) is 5.41 Å². The topological polar surface area (TPSA) is 25.8 Å². The maximum Gasteiger partial charge on any atom is 0.143 e. The summed E-state index contributed by atoms with van der Waals surface area (Å²) in [5.41, 5.74) is 7.95. The summed E-state index contributed by atoms with van der Waals surface area (Å²) in [7, 11) is 0. The van der Waals surface area contributed by atoms with Crippen LogP contribution in [0, 0.1) is 5.41 Å². The molecule has 0 saturated heterocycles. The molecule has 4 aromatic rings. The highest BCUT2D eigenvalue weighted by Crippen LogP contribution is 2.42. The summed E-state index contributed by atoms with van der Waals surface area (Å²) in [5.74, 6) is 0. The first-order valence-electron chi connectivity index (χ1n) is 11.9. The summed E-state index contributed by atoms with van der Waals surface area (Å²) < 4.78 is 1.22. The van der Waals surface area contributed by atoms with Crippen molar-refractivity contribution in [2.24, 2.45) is 5.41 Å². The molecule has 170 valence electrons. The smallest absolute Gasteiger partial charge is 0.143 e. The van der Waals surface area contributed by atoms with Crippen molar-refractivity contribution in [3.05, 3.63) is 102 Å². The van der Waals surface area contributed by atoms with Gasteiger partial charge in [0.1, 0.15) is 10.3 Å². The third kappa shape index (κ3) is 4.17. The summed E-state index contributed by atoms with van der Waals surface area (Å²) in [6.45, 7) is 10.9. The quantitative estimate of drug-likeness (QED) is 0.218. The fraction of sp³-hybridized carbons (Fsp3) is 0.226. The number of fused-ring (bicyclic) bond motifs is 3. The van der Waals surface area contributed by atoms with E-state index >= 15 is 0 Å². The third-order valence-corrected chi connectivity index (χ3v) is 8.09. The van der Waals surface area contributed by atoms with Crippen LogP contribution < -0.4 is 0 Å². The molecule has 2 aromatic heterocycles. The van der Waals surface area contributed by atoms with Gasteiger partial charge in [-0.25, -0.2) is 9.97 Å². The fourth-order valence-corrected chi connectivity index (χ4v) is 5.76. The van der Waals surface area contributed by atoms with E-state index in [2.05, 4.69) is 94.1 Å². The van der Waals surface area contributed by atoms with E-state index < -0.39 is 0 Å². The lowest BCUT2D eigenvalue weighted by Crippen LogP contribution is -2.20. The Hall–Kier alpha value is -3.30. The summed E-state index contributed by atoms with van der Waals surface area (Å²) in [6.07, 6.45) is 12.2. The average Bonchev–Trinajstić information content (AvgIpc) is 3.23. The van der Waals surface area contributed by atoms with Crippen LogP contribution in [-0.2, 0) is 0 Å². The van der Waals surface area contributed by atoms with Gasteiger partial charge < -0.3 is 0 Å². The molecule has 1 aliphatic carbocycles. The van der Waals surface area contributed by atoms with Gasteiger partial charge in [0.25, 0.3) is 0 Å². The first kappa shape index (κ1) is 22.5. The van der Waals surface area contributed by atoms with Gasteiger partial charge >= 0.3 is 0 Å². The summed E-state index contributed by atoms with van der Waals surface area (Å²) in [4.78, 5) is 11.3. The monoisotopic (exact) mass is 462 g/mol. The zero-order valence-electron chi connectivity index (χ0n) is 20.1. The van der Waals surface area contributed by atoms with E-state index in [1.54, 1.807) is 11.3 Å². The summed E-state index contributed by atoms with van der Waals surface area (Å²) >= 11 is 1.71. The van der Waals surface area contributed by atoms with Crippen molar-refractivity contribution in [3.63, 3.8) is 0 Å². The number of nitrogens with zero attached hydrogens (tertiary/aromatic N) is 2. The van der Waals surface area contributed by atoms with E-state index in [0.717, 1.165) is 52.1 Å². The highest BCUT2D eigenvalue weighted by Gasteiger charge is 2.28. The van der Waals surface area contributed by atoms with Crippen LogP contribution in [0.2, 0.25) is 0 Å². The van der Waals surface area contributed by atoms with Gasteiger partial charge in [0.2, 0.25) is 0 Å². The molecule has 1 atom stereocenters. The largest absolute Gasteiger partial charge is 0.242 e. The highest BCUT2D eigenvalue weighted by atomic mass is 32.1. The zero-order valence-corrected chi connectivity index (χ0v) is 21.0. The molecule has 0 radical (unpaired) electrons. The van der Waals surface area contributed by atoms with Crippen LogP contribution in [0.15, 0.2) is 96.6 Å². The zero-order chi connectivity index (χ0) is 23.7. The molecule has 1 aliphatic rings. The third-order valence-electron chi connectivity index (χ3n) is 7.04. The van der Waals surface area contributed by atoms with Gasteiger partial charge in [0.05, 0.1) is 11.4 Å². The van der Waals surface area contributed by atoms with Crippen molar-refractivity contribution in [2.75, 3.05) is 0 Å². The van der Waals surface area contributed by atoms with Gasteiger partial charge in [-0.05, 0) is 55.7 Å². The first-order chi connectivity index (χ1) is 16.5. The number of allylic oxidation sites excluding steroid dienone is 7. The normalized spacial score (nSPS) is 19.4. The molecule has 3 heteroatoms. The van der Waals surface area contributed by atoms with Crippen LogP contribution in [0.4, 0.5) is 0 Å². The van der Waals surface area contributed by atoms with Crippen LogP contribution >= 0.6 is 11.3 Å². The van der Waals surface area contributed by atoms with Crippen molar-refractivity contribution < 1.29 is 0 Å². The van der Waals surface area contributed by atoms with Crippen LogP contribution in [-0.4, -0.2) is 9.97 Å². The van der Waals surface area contributed by atoms with Crippen molar-refractivity contribution in [3.8, 4) is 11.3 Å². The number of hydrogen-bond acceptors (Lipinski definition) is 3. The Morgan fingerprint density at radius 3 is 2.53 bits per heavy atom. The Balaban J connectivity index is 1.64. The standard InChI is InChI=1S/C31H30N2S/c1-5-24(31(4)19-17-21(2)18-20-31)16-15-22(3)27-28(23-11-7-6-8-12-23)32-29-25-13-9-10-14-26(25)34-30(29)33-27/h5-17H,1,18-20H2,2-4H3/b22-15+,24-16+/t31-/m0/s1. The Bertz CT molecular complexity index is 1470. The minimum absolute atomic E-state index is 0.126. The second-order valence-electron chi connectivity index (χ2n) is 9.53. The molecule has 2 aromatic carbocycles. The second-order valence-corrected chi connectivity index (χ2v) is 10.6. The molecule has 0 bridgehead atoms. The first-order valence-corrected chi connectivity index (χ1v) is 12.7. The van der Waals surface area contributed by atoms with Crippen molar-refractivity contribution in [1.82, 2.24) is 9.97 Å². The SMILES string of the molecule is C=C/C(=C\C=C(/C)c1nc2sc3ccccc3c2nc1-c1ccccc1)[C@@]1(C)CC=C(C)CC1. The van der Waals surface area contributed by atoms with Gasteiger partial charge in [-0.15, -0.1) is 11.3 Å². The Morgan fingerprint density at radius 1 is 1.03 bits per heavy atom. The highest BCUT2D eigenvalue weighted by molar-refractivity contribution is 7.25. The molecular weight excluding hydrogens is 432 g/mol. The molecule has 0 N–H and O–H groups in total. The molecular formula is C31H30N2S. The Labute approximate surface area is 206 Å². The Morgan fingerprint density at radius 2 is 1.79 bits per heavy atom. The van der Waals surface area contributed by atoms with E-state index in [9.17, 15) is 0 Å². The Kier molecular flexibility index (Phi) is 6.05. The van der Waals surface area contributed by atoms with Crippen LogP contribution in [0.5, 0.6) is 0 Å². The lowest BCUT2D eigenvalue weighted by molar-refractivity contribution is 0.361. The lowest BCUT2D eigenvalue weighted by Gasteiger charge is -2.33. The number of hydrogen-bond donors (Lipinski definition) is 0. The molecule has 0 aliphatic heterocycles. The number of aromatic nitrogens is 2. The van der Waals surface area contributed by atoms with Gasteiger partial charge in [-0.3, -0.25) is 0 Å². The molecule has 2 nitrogen and oxygen atoms in total. The maximum absolute atomic E-state index is 5.17. The molecule has 0 fully saturated rings. The molecule has 5 rings (SSSR count). The van der Waals surface area contributed by atoms with Crippen molar-refractivity contribution in [2.45, 2.75) is 40.0 Å². The molecule has 0 saturated carbocycles.